The summed E-state index contributed by atoms with van der Waals surface area (Å²) < 4.78 is 15.8. The Morgan fingerprint density at radius 3 is 2.52 bits per heavy atom. The first-order chi connectivity index (χ1) is 12.0. The first kappa shape index (κ1) is 16.2. The van der Waals surface area contributed by atoms with Gasteiger partial charge >= 0.3 is 5.69 Å². The minimum Gasteiger partial charge on any atom is -0.293 e. The maximum atomic E-state index is 12.9. The van der Waals surface area contributed by atoms with E-state index in [4.69, 9.17) is 0 Å². The molecule has 0 N–H and O–H groups in total. The van der Waals surface area contributed by atoms with E-state index in [1.807, 2.05) is 30.3 Å². The standard InChI is InChI=1S/C18H14BrN3O2S/c1-21-16-10-20-15-8-3-11(19)9-14(15)17(16)22(18(21)23)12-4-6-13(7-5-12)25(2)24/h3-10H,1-2H3. The number of fused-ring (bicyclic) bond motifs is 3. The molecule has 1 atom stereocenters. The van der Waals surface area contributed by atoms with Crippen molar-refractivity contribution >= 4 is 48.7 Å². The molecule has 4 aromatic rings. The van der Waals surface area contributed by atoms with Crippen molar-refractivity contribution in [1.29, 1.82) is 0 Å². The molecule has 4 rings (SSSR count). The van der Waals surface area contributed by atoms with E-state index in [2.05, 4.69) is 20.9 Å². The molecule has 0 bridgehead atoms. The molecule has 5 nitrogen and oxygen atoms in total. The molecule has 0 aliphatic carbocycles. The molecule has 0 fully saturated rings. The van der Waals surface area contributed by atoms with E-state index in [9.17, 15) is 9.00 Å². The highest BCUT2D eigenvalue weighted by molar-refractivity contribution is 9.10. The SMILES string of the molecule is Cn1c(=O)n(-c2ccc(S(C)=O)cc2)c2c3cc(Br)ccc3ncc21. The average Bonchev–Trinajstić information content (AvgIpc) is 2.86. The van der Waals surface area contributed by atoms with Crippen LogP contribution in [-0.4, -0.2) is 24.6 Å². The maximum absolute atomic E-state index is 12.9. The lowest BCUT2D eigenvalue weighted by atomic mass is 10.2. The van der Waals surface area contributed by atoms with Crippen LogP contribution in [0.4, 0.5) is 0 Å². The molecular formula is C18H14BrN3O2S. The fraction of sp³-hybridized carbons (Fsp3) is 0.111. The molecule has 2 heterocycles. The monoisotopic (exact) mass is 415 g/mol. The summed E-state index contributed by atoms with van der Waals surface area (Å²) in [6.45, 7) is 0. The minimum absolute atomic E-state index is 0.144. The zero-order valence-corrected chi connectivity index (χ0v) is 16.0. The Balaban J connectivity index is 2.12. The third-order valence-corrected chi connectivity index (χ3v) is 5.70. The van der Waals surface area contributed by atoms with Crippen LogP contribution in [0.1, 0.15) is 0 Å². The predicted octanol–water partition coefficient (Wildman–Crippen LogP) is 3.38. The molecule has 0 aliphatic rings. The summed E-state index contributed by atoms with van der Waals surface area (Å²) in [7, 11) is 0.683. The normalized spacial score (nSPS) is 12.8. The second-order valence-electron chi connectivity index (χ2n) is 5.78. The van der Waals surface area contributed by atoms with Gasteiger partial charge in [-0.15, -0.1) is 0 Å². The number of hydrogen-bond acceptors (Lipinski definition) is 3. The molecule has 0 radical (unpaired) electrons. The number of rotatable bonds is 2. The van der Waals surface area contributed by atoms with Gasteiger partial charge in [-0.25, -0.2) is 4.79 Å². The van der Waals surface area contributed by atoms with Gasteiger partial charge in [0.2, 0.25) is 0 Å². The summed E-state index contributed by atoms with van der Waals surface area (Å²) in [6.07, 6.45) is 3.36. The van der Waals surface area contributed by atoms with E-state index in [1.165, 1.54) is 0 Å². The number of halogens is 1. The van der Waals surface area contributed by atoms with Gasteiger partial charge < -0.3 is 0 Å². The highest BCUT2D eigenvalue weighted by Gasteiger charge is 2.16. The molecule has 2 aromatic heterocycles. The first-order valence-corrected chi connectivity index (χ1v) is 9.92. The average molecular weight is 416 g/mol. The molecule has 1 unspecified atom stereocenters. The van der Waals surface area contributed by atoms with Crippen LogP contribution in [0.15, 0.2) is 62.8 Å². The smallest absolute Gasteiger partial charge is 0.293 e. The van der Waals surface area contributed by atoms with Crippen molar-refractivity contribution in [1.82, 2.24) is 14.1 Å². The molecule has 2 aromatic carbocycles. The first-order valence-electron chi connectivity index (χ1n) is 7.57. The van der Waals surface area contributed by atoms with Gasteiger partial charge in [0.05, 0.1) is 28.4 Å². The molecule has 0 spiro atoms. The van der Waals surface area contributed by atoms with E-state index in [0.717, 1.165) is 37.0 Å². The number of imidazole rings is 1. The van der Waals surface area contributed by atoms with E-state index in [0.29, 0.717) is 0 Å². The lowest BCUT2D eigenvalue weighted by Gasteiger charge is -2.07. The van der Waals surface area contributed by atoms with Gasteiger partial charge in [-0.2, -0.15) is 0 Å². The second-order valence-corrected chi connectivity index (χ2v) is 8.07. The Morgan fingerprint density at radius 1 is 1.12 bits per heavy atom. The number of nitrogens with zero attached hydrogens (tertiary/aromatic N) is 3. The predicted molar refractivity (Wildman–Crippen MR) is 104 cm³/mol. The van der Waals surface area contributed by atoms with Gasteiger partial charge in [0.15, 0.2) is 0 Å². The highest BCUT2D eigenvalue weighted by atomic mass is 79.9. The van der Waals surface area contributed by atoms with Crippen LogP contribution in [0, 0.1) is 0 Å². The molecule has 0 amide bonds. The zero-order valence-electron chi connectivity index (χ0n) is 13.6. The lowest BCUT2D eigenvalue weighted by Crippen LogP contribution is -2.20. The lowest BCUT2D eigenvalue weighted by molar-refractivity contribution is 0.687. The van der Waals surface area contributed by atoms with Gasteiger partial charge in [-0.3, -0.25) is 18.3 Å². The molecule has 0 saturated carbocycles. The highest BCUT2D eigenvalue weighted by Crippen LogP contribution is 2.27. The van der Waals surface area contributed by atoms with Crippen LogP contribution >= 0.6 is 15.9 Å². The summed E-state index contributed by atoms with van der Waals surface area (Å²) in [4.78, 5) is 18.1. The van der Waals surface area contributed by atoms with Crippen molar-refractivity contribution in [3.05, 3.63) is 63.6 Å². The van der Waals surface area contributed by atoms with Crippen molar-refractivity contribution in [3.63, 3.8) is 0 Å². The van der Waals surface area contributed by atoms with Crippen molar-refractivity contribution < 1.29 is 4.21 Å². The Morgan fingerprint density at radius 2 is 1.84 bits per heavy atom. The van der Waals surface area contributed by atoms with Crippen LogP contribution in [-0.2, 0) is 17.8 Å². The molecular weight excluding hydrogens is 402 g/mol. The summed E-state index contributed by atoms with van der Waals surface area (Å²) in [6, 6.07) is 13.0. The summed E-state index contributed by atoms with van der Waals surface area (Å²) in [5, 5.41) is 0.896. The van der Waals surface area contributed by atoms with E-state index < -0.39 is 10.8 Å². The van der Waals surface area contributed by atoms with Crippen LogP contribution in [0.25, 0.3) is 27.6 Å². The van der Waals surface area contributed by atoms with Crippen molar-refractivity contribution in [3.8, 4) is 5.69 Å². The van der Waals surface area contributed by atoms with Crippen molar-refractivity contribution in [2.45, 2.75) is 4.90 Å². The molecule has 0 saturated heterocycles. The van der Waals surface area contributed by atoms with E-state index in [-0.39, 0.29) is 5.69 Å². The molecule has 0 aliphatic heterocycles. The van der Waals surface area contributed by atoms with Crippen LogP contribution in [0.3, 0.4) is 0 Å². The van der Waals surface area contributed by atoms with Gasteiger partial charge in [0.25, 0.3) is 0 Å². The number of hydrogen-bond donors (Lipinski definition) is 0. The van der Waals surface area contributed by atoms with Crippen molar-refractivity contribution in [2.75, 3.05) is 6.26 Å². The number of pyridine rings is 1. The maximum Gasteiger partial charge on any atom is 0.333 e. The van der Waals surface area contributed by atoms with E-state index in [1.54, 1.807) is 40.8 Å². The fourth-order valence-corrected chi connectivity index (χ4v) is 3.88. The molecule has 7 heteroatoms. The zero-order chi connectivity index (χ0) is 17.7. The van der Waals surface area contributed by atoms with E-state index >= 15 is 0 Å². The minimum atomic E-state index is -1.06. The third-order valence-electron chi connectivity index (χ3n) is 4.27. The summed E-state index contributed by atoms with van der Waals surface area (Å²) in [5.74, 6) is 0. The fourth-order valence-electron chi connectivity index (χ4n) is 3.00. The van der Waals surface area contributed by atoms with Gasteiger partial charge in [0, 0.05) is 38.9 Å². The summed E-state index contributed by atoms with van der Waals surface area (Å²) >= 11 is 3.49. The van der Waals surface area contributed by atoms with Crippen LogP contribution in [0.2, 0.25) is 0 Å². The Kier molecular flexibility index (Phi) is 3.85. The number of aromatic nitrogens is 3. The number of benzene rings is 2. The van der Waals surface area contributed by atoms with Crippen LogP contribution in [0.5, 0.6) is 0 Å². The Bertz CT molecular complexity index is 1210. The van der Waals surface area contributed by atoms with Gasteiger partial charge in [-0.05, 0) is 42.5 Å². The quantitative estimate of drug-likeness (QED) is 0.504. The molecule has 25 heavy (non-hydrogen) atoms. The Labute approximate surface area is 154 Å². The summed E-state index contributed by atoms with van der Waals surface area (Å²) in [5.41, 5.74) is 2.98. The largest absolute Gasteiger partial charge is 0.333 e. The molecule has 126 valence electrons. The van der Waals surface area contributed by atoms with Gasteiger partial charge in [-0.1, -0.05) is 15.9 Å². The topological polar surface area (TPSA) is 56.9 Å². The number of aryl methyl sites for hydroxylation is 1. The Hall–Kier alpha value is -2.25. The second kappa shape index (κ2) is 5.93. The third kappa shape index (κ3) is 2.54. The van der Waals surface area contributed by atoms with Crippen LogP contribution < -0.4 is 5.69 Å². The van der Waals surface area contributed by atoms with Gasteiger partial charge in [0.1, 0.15) is 0 Å². The van der Waals surface area contributed by atoms with Crippen molar-refractivity contribution in [2.24, 2.45) is 7.05 Å².